The van der Waals surface area contributed by atoms with E-state index in [-0.39, 0.29) is 5.91 Å². The lowest BCUT2D eigenvalue weighted by atomic mass is 9.92. The topological polar surface area (TPSA) is 106 Å². The number of methoxy groups -OCH3 is 2. The van der Waals surface area contributed by atoms with Gasteiger partial charge in [0.15, 0.2) is 11.5 Å². The molecule has 4 amide bonds. The Labute approximate surface area is 178 Å². The number of carbonyl (C=O) groups excluding carboxylic acids is 3. The van der Waals surface area contributed by atoms with Gasteiger partial charge in [0.25, 0.3) is 5.91 Å². The zero-order valence-electron chi connectivity index (χ0n) is 16.5. The lowest BCUT2D eigenvalue weighted by molar-refractivity contribution is -0.123. The molecule has 1 unspecified atom stereocenters. The number of imide groups is 1. The minimum Gasteiger partial charge on any atom is -0.493 e. The van der Waals surface area contributed by atoms with Crippen molar-refractivity contribution in [2.45, 2.75) is 12.5 Å². The van der Waals surface area contributed by atoms with E-state index in [0.717, 1.165) is 0 Å². The van der Waals surface area contributed by atoms with Gasteiger partial charge >= 0.3 is 6.03 Å². The smallest absolute Gasteiger partial charge is 0.322 e. The Kier molecular flexibility index (Phi) is 5.98. The molecule has 0 bridgehead atoms. The van der Waals surface area contributed by atoms with E-state index in [1.54, 1.807) is 49.4 Å². The fraction of sp³-hybridized carbons (Fsp3) is 0.190. The molecule has 0 aromatic heterocycles. The molecule has 2 aromatic rings. The first-order valence-electron chi connectivity index (χ1n) is 8.91. The van der Waals surface area contributed by atoms with Crippen molar-refractivity contribution in [3.05, 3.63) is 58.6 Å². The quantitative estimate of drug-likeness (QED) is 0.483. The van der Waals surface area contributed by atoms with Crippen molar-refractivity contribution in [1.82, 2.24) is 10.6 Å². The van der Waals surface area contributed by atoms with E-state index in [9.17, 15) is 14.4 Å². The predicted molar refractivity (Wildman–Crippen MR) is 113 cm³/mol. The average Bonchev–Trinajstić information content (AvgIpc) is 2.98. The molecule has 1 atom stereocenters. The van der Waals surface area contributed by atoms with Crippen LogP contribution < -0.4 is 25.4 Å². The zero-order chi connectivity index (χ0) is 21.9. The van der Waals surface area contributed by atoms with Crippen LogP contribution in [0.25, 0.3) is 6.08 Å². The molecule has 1 saturated heterocycles. The number of urea groups is 1. The molecule has 30 heavy (non-hydrogen) atoms. The van der Waals surface area contributed by atoms with Crippen molar-refractivity contribution in [1.29, 1.82) is 0 Å². The molecule has 0 saturated carbocycles. The lowest BCUT2D eigenvalue weighted by Crippen LogP contribution is -2.40. The highest BCUT2D eigenvalue weighted by Gasteiger charge is 2.43. The van der Waals surface area contributed by atoms with Crippen molar-refractivity contribution in [3.8, 4) is 11.5 Å². The van der Waals surface area contributed by atoms with Crippen molar-refractivity contribution < 1.29 is 23.9 Å². The summed E-state index contributed by atoms with van der Waals surface area (Å²) in [7, 11) is 2.98. The van der Waals surface area contributed by atoms with E-state index in [1.165, 1.54) is 20.3 Å². The van der Waals surface area contributed by atoms with E-state index in [0.29, 0.717) is 33.3 Å². The molecule has 3 N–H and O–H groups in total. The molecule has 0 aliphatic carbocycles. The number of ether oxygens (including phenoxy) is 2. The second kappa shape index (κ2) is 8.46. The molecule has 1 aliphatic rings. The van der Waals surface area contributed by atoms with E-state index in [4.69, 9.17) is 21.1 Å². The average molecular weight is 430 g/mol. The SMILES string of the molecule is COc1cc(/C=C/C(=O)Nc2cccc(C3(C)NC(=O)NC3=O)c2)cc(Cl)c1OC. The second-order valence-corrected chi connectivity index (χ2v) is 7.08. The number of hydrogen-bond acceptors (Lipinski definition) is 5. The van der Waals surface area contributed by atoms with Gasteiger partial charge in [0.2, 0.25) is 5.91 Å². The fourth-order valence-corrected chi connectivity index (χ4v) is 3.34. The van der Waals surface area contributed by atoms with Gasteiger partial charge in [-0.2, -0.15) is 0 Å². The van der Waals surface area contributed by atoms with Gasteiger partial charge in [0, 0.05) is 11.8 Å². The summed E-state index contributed by atoms with van der Waals surface area (Å²) in [5, 5.41) is 7.88. The van der Waals surface area contributed by atoms with Gasteiger partial charge < -0.3 is 20.1 Å². The van der Waals surface area contributed by atoms with Crippen molar-refractivity contribution in [2.75, 3.05) is 19.5 Å². The maximum Gasteiger partial charge on any atom is 0.322 e. The van der Waals surface area contributed by atoms with E-state index >= 15 is 0 Å². The number of rotatable bonds is 6. The van der Waals surface area contributed by atoms with Crippen molar-refractivity contribution in [2.24, 2.45) is 0 Å². The molecule has 0 spiro atoms. The summed E-state index contributed by atoms with van der Waals surface area (Å²) in [5.41, 5.74) is 0.464. The van der Waals surface area contributed by atoms with Gasteiger partial charge in [-0.05, 0) is 48.4 Å². The van der Waals surface area contributed by atoms with Crippen LogP contribution >= 0.6 is 11.6 Å². The van der Waals surface area contributed by atoms with Gasteiger partial charge in [-0.25, -0.2) is 4.79 Å². The van der Waals surface area contributed by atoms with Crippen LogP contribution in [0.4, 0.5) is 10.5 Å². The van der Waals surface area contributed by atoms with E-state index < -0.39 is 17.5 Å². The van der Waals surface area contributed by atoms with Gasteiger partial charge in [-0.1, -0.05) is 23.7 Å². The number of halogens is 1. The maximum atomic E-state index is 12.3. The van der Waals surface area contributed by atoms with Crippen LogP contribution in [0.5, 0.6) is 11.5 Å². The molecule has 1 heterocycles. The van der Waals surface area contributed by atoms with Crippen molar-refractivity contribution in [3.63, 3.8) is 0 Å². The third kappa shape index (κ3) is 4.23. The Hall–Kier alpha value is -3.52. The van der Waals surface area contributed by atoms with Gasteiger partial charge in [-0.3, -0.25) is 14.9 Å². The van der Waals surface area contributed by atoms with Crippen LogP contribution in [0.15, 0.2) is 42.5 Å². The lowest BCUT2D eigenvalue weighted by Gasteiger charge is -2.21. The molecule has 1 fully saturated rings. The Morgan fingerprint density at radius 2 is 1.93 bits per heavy atom. The van der Waals surface area contributed by atoms with Crippen LogP contribution in [0.1, 0.15) is 18.1 Å². The highest BCUT2D eigenvalue weighted by molar-refractivity contribution is 6.32. The number of anilines is 1. The number of nitrogens with one attached hydrogen (secondary N) is 3. The Morgan fingerprint density at radius 1 is 1.17 bits per heavy atom. The van der Waals surface area contributed by atoms with E-state index in [1.807, 2.05) is 0 Å². The van der Waals surface area contributed by atoms with E-state index in [2.05, 4.69) is 16.0 Å². The number of amides is 4. The Balaban J connectivity index is 1.75. The molecule has 1 aliphatic heterocycles. The standard InChI is InChI=1S/C21H20ClN3O5/c1-21(19(27)24-20(28)25-21)13-5-4-6-14(11-13)23-17(26)8-7-12-9-15(22)18(30-3)16(10-12)29-2/h4-11H,1-3H3,(H,23,26)(H2,24,25,27,28)/b8-7+. The molecule has 9 heteroatoms. The van der Waals surface area contributed by atoms with Crippen LogP contribution in [-0.4, -0.2) is 32.1 Å². The number of carbonyl (C=O) groups is 3. The first-order valence-corrected chi connectivity index (χ1v) is 9.29. The van der Waals surface area contributed by atoms with Gasteiger partial charge in [0.05, 0.1) is 19.2 Å². The third-order valence-corrected chi connectivity index (χ3v) is 4.92. The summed E-state index contributed by atoms with van der Waals surface area (Å²) in [4.78, 5) is 35.9. The van der Waals surface area contributed by atoms with Crippen LogP contribution in [0, 0.1) is 0 Å². The summed E-state index contributed by atoms with van der Waals surface area (Å²) in [5.74, 6) is 0.0151. The normalized spacial score (nSPS) is 18.1. The summed E-state index contributed by atoms with van der Waals surface area (Å²) < 4.78 is 10.4. The zero-order valence-corrected chi connectivity index (χ0v) is 17.3. The summed E-state index contributed by atoms with van der Waals surface area (Å²) in [6, 6.07) is 9.47. The van der Waals surface area contributed by atoms with Crippen molar-refractivity contribution >= 4 is 41.2 Å². The monoisotopic (exact) mass is 429 g/mol. The minimum atomic E-state index is -1.20. The first-order chi connectivity index (χ1) is 14.3. The fourth-order valence-electron chi connectivity index (χ4n) is 3.04. The second-order valence-electron chi connectivity index (χ2n) is 6.67. The predicted octanol–water partition coefficient (Wildman–Crippen LogP) is 3.06. The molecule has 8 nitrogen and oxygen atoms in total. The molecule has 2 aromatic carbocycles. The highest BCUT2D eigenvalue weighted by atomic mass is 35.5. The highest BCUT2D eigenvalue weighted by Crippen LogP contribution is 2.36. The van der Waals surface area contributed by atoms with Crippen LogP contribution in [0.3, 0.4) is 0 Å². The minimum absolute atomic E-state index is 0.356. The van der Waals surface area contributed by atoms with Gasteiger partial charge in [-0.15, -0.1) is 0 Å². The van der Waals surface area contributed by atoms with Crippen LogP contribution in [-0.2, 0) is 15.1 Å². The van der Waals surface area contributed by atoms with Gasteiger partial charge in [0.1, 0.15) is 5.54 Å². The summed E-state index contributed by atoms with van der Waals surface area (Å²) in [6.07, 6.45) is 2.93. The molecule has 156 valence electrons. The van der Waals surface area contributed by atoms with Crippen LogP contribution in [0.2, 0.25) is 5.02 Å². The molecular formula is C21H20ClN3O5. The third-order valence-electron chi connectivity index (χ3n) is 4.64. The largest absolute Gasteiger partial charge is 0.493 e. The summed E-state index contributed by atoms with van der Waals surface area (Å²) >= 11 is 6.17. The molecule has 0 radical (unpaired) electrons. The summed E-state index contributed by atoms with van der Waals surface area (Å²) in [6.45, 7) is 1.59. The number of benzene rings is 2. The Bertz CT molecular complexity index is 1050. The first kappa shape index (κ1) is 21.2. The molecular weight excluding hydrogens is 410 g/mol. The number of hydrogen-bond donors (Lipinski definition) is 3. The maximum absolute atomic E-state index is 12.3. The molecule has 3 rings (SSSR count). The Morgan fingerprint density at radius 3 is 2.57 bits per heavy atom.